The van der Waals surface area contributed by atoms with Gasteiger partial charge in [0.15, 0.2) is 0 Å². The maximum atomic E-state index is 12.8. The molecule has 6 nitrogen and oxygen atoms in total. The number of amides is 2. The van der Waals surface area contributed by atoms with Crippen molar-refractivity contribution >= 4 is 22.8 Å². The molecule has 1 aliphatic rings. The van der Waals surface area contributed by atoms with Crippen LogP contribution in [0.25, 0.3) is 11.0 Å². The average Bonchev–Trinajstić information content (AvgIpc) is 2.72. The fourth-order valence-corrected chi connectivity index (χ4v) is 3.07. The van der Waals surface area contributed by atoms with E-state index in [2.05, 4.69) is 4.98 Å². The fraction of sp³-hybridized carbons (Fsp3) is 0.471. The Balaban J connectivity index is 1.81. The first kappa shape index (κ1) is 15.5. The summed E-state index contributed by atoms with van der Waals surface area (Å²) in [5.41, 5.74) is 2.53. The highest BCUT2D eigenvalue weighted by molar-refractivity contribution is 5.97. The van der Waals surface area contributed by atoms with Gasteiger partial charge in [0.05, 0.1) is 11.0 Å². The number of fused-ring (bicyclic) bond motifs is 1. The van der Waals surface area contributed by atoms with Crippen LogP contribution in [0.5, 0.6) is 0 Å². The van der Waals surface area contributed by atoms with Gasteiger partial charge >= 0.3 is 0 Å². The highest BCUT2D eigenvalue weighted by Crippen LogP contribution is 2.18. The van der Waals surface area contributed by atoms with Gasteiger partial charge in [0, 0.05) is 45.7 Å². The van der Waals surface area contributed by atoms with E-state index >= 15 is 0 Å². The molecule has 0 aliphatic carbocycles. The van der Waals surface area contributed by atoms with E-state index in [1.165, 1.54) is 0 Å². The van der Waals surface area contributed by atoms with E-state index in [4.69, 9.17) is 0 Å². The Morgan fingerprint density at radius 3 is 2.52 bits per heavy atom. The molecular formula is C17H22N4O2. The smallest absolute Gasteiger partial charge is 0.253 e. The Labute approximate surface area is 135 Å². The predicted molar refractivity (Wildman–Crippen MR) is 88.2 cm³/mol. The maximum Gasteiger partial charge on any atom is 0.253 e. The van der Waals surface area contributed by atoms with Crippen LogP contribution < -0.4 is 0 Å². The minimum absolute atomic E-state index is 0.0145. The second kappa shape index (κ2) is 6.02. The van der Waals surface area contributed by atoms with Crippen LogP contribution in [0.1, 0.15) is 29.5 Å². The number of hydrogen-bond donors (Lipinski definition) is 0. The molecule has 1 aromatic heterocycles. The van der Waals surface area contributed by atoms with Crippen LogP contribution in [-0.2, 0) is 11.8 Å². The van der Waals surface area contributed by atoms with E-state index in [-0.39, 0.29) is 11.8 Å². The summed E-state index contributed by atoms with van der Waals surface area (Å²) in [6.45, 7) is 6.12. The van der Waals surface area contributed by atoms with Gasteiger partial charge in [-0.3, -0.25) is 9.59 Å². The van der Waals surface area contributed by atoms with Crippen molar-refractivity contribution in [2.75, 3.05) is 26.2 Å². The lowest BCUT2D eigenvalue weighted by molar-refractivity contribution is -0.128. The molecule has 2 aromatic rings. The summed E-state index contributed by atoms with van der Waals surface area (Å²) in [5.74, 6) is 1.02. The first-order valence-electron chi connectivity index (χ1n) is 7.95. The lowest BCUT2D eigenvalue weighted by Gasteiger charge is -2.21. The second-order valence-corrected chi connectivity index (χ2v) is 6.07. The Morgan fingerprint density at radius 2 is 1.78 bits per heavy atom. The van der Waals surface area contributed by atoms with Crippen molar-refractivity contribution in [2.45, 2.75) is 20.3 Å². The molecule has 23 heavy (non-hydrogen) atoms. The highest BCUT2D eigenvalue weighted by Gasteiger charge is 2.21. The number of nitrogens with zero attached hydrogens (tertiary/aromatic N) is 4. The third-order valence-electron chi connectivity index (χ3n) is 4.58. The summed E-state index contributed by atoms with van der Waals surface area (Å²) in [7, 11) is 1.97. The number of carbonyl (C=O) groups is 2. The Bertz CT molecular complexity index is 765. The summed E-state index contributed by atoms with van der Waals surface area (Å²) < 4.78 is 2.01. The van der Waals surface area contributed by atoms with Gasteiger partial charge in [-0.1, -0.05) is 0 Å². The van der Waals surface area contributed by atoms with Gasteiger partial charge in [-0.15, -0.1) is 0 Å². The zero-order chi connectivity index (χ0) is 16.6. The first-order valence-corrected chi connectivity index (χ1v) is 7.95. The van der Waals surface area contributed by atoms with E-state index in [1.54, 1.807) is 11.8 Å². The maximum absolute atomic E-state index is 12.8. The third kappa shape index (κ3) is 2.93. The summed E-state index contributed by atoms with van der Waals surface area (Å²) in [6.07, 6.45) is 0.816. The first-order chi connectivity index (χ1) is 11.0. The van der Waals surface area contributed by atoms with Crippen molar-refractivity contribution in [3.8, 4) is 0 Å². The number of carbonyl (C=O) groups excluding carboxylic acids is 2. The standard InChI is InChI=1S/C17H22N4O2/c1-12-18-15-11-14(5-6-16(15)19(12)3)17(23)21-8-4-7-20(9-10-21)13(2)22/h5-6,11H,4,7-10H2,1-3H3. The molecule has 0 bridgehead atoms. The van der Waals surface area contributed by atoms with Crippen LogP contribution in [0.4, 0.5) is 0 Å². The Kier molecular flexibility index (Phi) is 4.07. The van der Waals surface area contributed by atoms with Gasteiger partial charge in [-0.05, 0) is 31.5 Å². The molecular weight excluding hydrogens is 292 g/mol. The van der Waals surface area contributed by atoms with E-state index < -0.39 is 0 Å². The molecule has 1 aliphatic heterocycles. The van der Waals surface area contributed by atoms with Crippen molar-refractivity contribution in [1.29, 1.82) is 0 Å². The average molecular weight is 314 g/mol. The topological polar surface area (TPSA) is 58.4 Å². The lowest BCUT2D eigenvalue weighted by atomic mass is 10.1. The molecule has 0 saturated carbocycles. The van der Waals surface area contributed by atoms with Gasteiger partial charge < -0.3 is 14.4 Å². The number of aryl methyl sites for hydroxylation is 2. The van der Waals surface area contributed by atoms with E-state index in [9.17, 15) is 9.59 Å². The van der Waals surface area contributed by atoms with Crippen LogP contribution in [0.2, 0.25) is 0 Å². The number of benzene rings is 1. The number of hydrogen-bond acceptors (Lipinski definition) is 3. The molecule has 1 aromatic carbocycles. The molecule has 2 amide bonds. The van der Waals surface area contributed by atoms with Gasteiger partial charge in [0.25, 0.3) is 5.91 Å². The van der Waals surface area contributed by atoms with Crippen molar-refractivity contribution in [1.82, 2.24) is 19.4 Å². The summed E-state index contributed by atoms with van der Waals surface area (Å²) >= 11 is 0. The van der Waals surface area contributed by atoms with Gasteiger partial charge in [0.1, 0.15) is 5.82 Å². The summed E-state index contributed by atoms with van der Waals surface area (Å²) in [4.78, 5) is 32.4. The van der Waals surface area contributed by atoms with Crippen LogP contribution >= 0.6 is 0 Å². The quantitative estimate of drug-likeness (QED) is 0.803. The minimum Gasteiger partial charge on any atom is -0.341 e. The molecule has 0 N–H and O–H groups in total. The Hall–Kier alpha value is -2.37. The number of rotatable bonds is 1. The van der Waals surface area contributed by atoms with E-state index in [0.717, 1.165) is 29.8 Å². The molecule has 2 heterocycles. The van der Waals surface area contributed by atoms with Crippen LogP contribution in [0, 0.1) is 6.92 Å². The highest BCUT2D eigenvalue weighted by atomic mass is 16.2. The van der Waals surface area contributed by atoms with Crippen molar-refractivity contribution in [3.05, 3.63) is 29.6 Å². The lowest BCUT2D eigenvalue weighted by Crippen LogP contribution is -2.36. The number of aromatic nitrogens is 2. The monoisotopic (exact) mass is 314 g/mol. The van der Waals surface area contributed by atoms with Gasteiger partial charge in [0.2, 0.25) is 5.91 Å². The molecule has 122 valence electrons. The van der Waals surface area contributed by atoms with Crippen molar-refractivity contribution in [3.63, 3.8) is 0 Å². The van der Waals surface area contributed by atoms with Crippen molar-refractivity contribution < 1.29 is 9.59 Å². The predicted octanol–water partition coefficient (Wildman–Crippen LogP) is 1.58. The molecule has 1 fully saturated rings. The van der Waals surface area contributed by atoms with Crippen LogP contribution in [0.3, 0.4) is 0 Å². The molecule has 6 heteroatoms. The van der Waals surface area contributed by atoms with Gasteiger partial charge in [-0.25, -0.2) is 4.98 Å². The summed E-state index contributed by atoms with van der Waals surface area (Å²) in [5, 5.41) is 0. The molecule has 3 rings (SSSR count). The summed E-state index contributed by atoms with van der Waals surface area (Å²) in [6, 6.07) is 5.67. The molecule has 0 unspecified atom stereocenters. The minimum atomic E-state index is 0.0145. The third-order valence-corrected chi connectivity index (χ3v) is 4.58. The zero-order valence-electron chi connectivity index (χ0n) is 13.9. The number of imidazole rings is 1. The van der Waals surface area contributed by atoms with Gasteiger partial charge in [-0.2, -0.15) is 0 Å². The fourth-order valence-electron chi connectivity index (χ4n) is 3.07. The SMILES string of the molecule is CC(=O)N1CCCN(C(=O)c2ccc3c(c2)nc(C)n3C)CC1. The van der Waals surface area contributed by atoms with E-state index in [1.807, 2.05) is 41.6 Å². The molecule has 1 saturated heterocycles. The Morgan fingerprint density at radius 1 is 1.09 bits per heavy atom. The molecule has 0 atom stereocenters. The normalized spacial score (nSPS) is 15.8. The second-order valence-electron chi connectivity index (χ2n) is 6.07. The molecule has 0 radical (unpaired) electrons. The van der Waals surface area contributed by atoms with Crippen molar-refractivity contribution in [2.24, 2.45) is 7.05 Å². The zero-order valence-corrected chi connectivity index (χ0v) is 13.9. The van der Waals surface area contributed by atoms with Crippen LogP contribution in [0.15, 0.2) is 18.2 Å². The largest absolute Gasteiger partial charge is 0.341 e. The van der Waals surface area contributed by atoms with E-state index in [0.29, 0.717) is 25.2 Å². The molecule has 0 spiro atoms. The van der Waals surface area contributed by atoms with Crippen LogP contribution in [-0.4, -0.2) is 57.3 Å².